The van der Waals surface area contributed by atoms with Crippen molar-refractivity contribution in [2.45, 2.75) is 26.7 Å². The van der Waals surface area contributed by atoms with E-state index in [1.807, 2.05) is 5.38 Å². The van der Waals surface area contributed by atoms with Crippen molar-refractivity contribution in [1.29, 1.82) is 0 Å². The normalized spacial score (nSPS) is 11.0. The Morgan fingerprint density at radius 2 is 1.22 bits per heavy atom. The van der Waals surface area contributed by atoms with Crippen molar-refractivity contribution < 1.29 is 43.3 Å². The Balaban J connectivity index is 0.000000191. The summed E-state index contributed by atoms with van der Waals surface area (Å²) in [5.74, 6) is -1.82. The highest BCUT2D eigenvalue weighted by molar-refractivity contribution is 7.08. The summed E-state index contributed by atoms with van der Waals surface area (Å²) >= 11 is 14.6. The topological polar surface area (TPSA) is 137 Å². The quantitative estimate of drug-likeness (QED) is 0.160. The summed E-state index contributed by atoms with van der Waals surface area (Å²) in [6, 6.07) is 9.37. The maximum Gasteiger partial charge on any atom is 0.307 e. The maximum absolute atomic E-state index is 13.3. The molecule has 0 saturated heterocycles. The Morgan fingerprint density at radius 3 is 1.59 bits per heavy atom. The number of thiophene rings is 2. The number of nitrogens with zero attached hydrogens (tertiary/aromatic N) is 2. The molecule has 4 aromatic heterocycles. The molecule has 0 atom stereocenters. The molecule has 0 aliphatic carbocycles. The van der Waals surface area contributed by atoms with Crippen molar-refractivity contribution in [1.82, 2.24) is 9.13 Å². The lowest BCUT2D eigenvalue weighted by molar-refractivity contribution is -0.137. The van der Waals surface area contributed by atoms with Crippen LogP contribution in [0.4, 0.5) is 4.39 Å². The van der Waals surface area contributed by atoms with Crippen molar-refractivity contribution in [3.63, 3.8) is 0 Å². The van der Waals surface area contributed by atoms with Crippen molar-refractivity contribution in [3.05, 3.63) is 101 Å². The number of hydrogen-bond donors (Lipinski definition) is 2. The lowest BCUT2D eigenvalue weighted by Crippen LogP contribution is -2.13. The molecule has 0 aliphatic heterocycles. The molecule has 4 heterocycles. The first-order valence-electron chi connectivity index (χ1n) is 14.3. The number of methoxy groups -OCH3 is 2. The summed E-state index contributed by atoms with van der Waals surface area (Å²) in [5.41, 5.74) is 3.90. The Kier molecular flexibility index (Phi) is 10.5. The van der Waals surface area contributed by atoms with Crippen LogP contribution in [-0.2, 0) is 22.4 Å². The second-order valence-corrected chi connectivity index (χ2v) is 13.2. The number of aromatic nitrogens is 2. The van der Waals surface area contributed by atoms with E-state index in [4.69, 9.17) is 32.7 Å². The van der Waals surface area contributed by atoms with Crippen LogP contribution in [0.5, 0.6) is 11.5 Å². The zero-order valence-corrected chi connectivity index (χ0v) is 29.4. The van der Waals surface area contributed by atoms with E-state index < -0.39 is 23.0 Å². The maximum atomic E-state index is 13.3. The van der Waals surface area contributed by atoms with Crippen molar-refractivity contribution in [2.75, 3.05) is 14.2 Å². The van der Waals surface area contributed by atoms with E-state index in [1.54, 1.807) is 49.6 Å². The Labute approximate surface area is 296 Å². The molecular formula is C34H27Cl2FN2O8S2. The van der Waals surface area contributed by atoms with Crippen LogP contribution >= 0.6 is 45.9 Å². The minimum absolute atomic E-state index is 0.183. The third-order valence-corrected chi connectivity index (χ3v) is 9.85. The van der Waals surface area contributed by atoms with Crippen molar-refractivity contribution in [3.8, 4) is 11.5 Å². The van der Waals surface area contributed by atoms with Crippen LogP contribution in [0.1, 0.15) is 43.2 Å². The van der Waals surface area contributed by atoms with Crippen LogP contribution in [-0.4, -0.2) is 57.3 Å². The Hall–Kier alpha value is -4.69. The van der Waals surface area contributed by atoms with Gasteiger partial charge in [-0.05, 0) is 66.8 Å². The van der Waals surface area contributed by atoms with Gasteiger partial charge in [-0.2, -0.15) is 15.7 Å². The van der Waals surface area contributed by atoms with E-state index in [0.717, 1.165) is 17.4 Å². The molecule has 0 amide bonds. The average Bonchev–Trinajstić information content (AvgIpc) is 3.84. The number of halogens is 3. The van der Waals surface area contributed by atoms with Crippen LogP contribution < -0.4 is 9.47 Å². The Morgan fingerprint density at radius 1 is 0.755 bits per heavy atom. The minimum Gasteiger partial charge on any atom is -0.495 e. The minimum atomic E-state index is -1.02. The first-order valence-corrected chi connectivity index (χ1v) is 16.9. The van der Waals surface area contributed by atoms with Gasteiger partial charge in [-0.25, -0.2) is 0 Å². The fraction of sp³-hybridized carbons (Fsp3) is 0.176. The summed E-state index contributed by atoms with van der Waals surface area (Å²) in [7, 11) is 2.94. The smallest absolute Gasteiger partial charge is 0.307 e. The highest BCUT2D eigenvalue weighted by Crippen LogP contribution is 2.37. The molecule has 0 unspecified atom stereocenters. The number of carbonyl (C=O) groups is 4. The Bertz CT molecular complexity index is 2270. The van der Waals surface area contributed by atoms with Crippen molar-refractivity contribution in [2.24, 2.45) is 0 Å². The number of benzene rings is 2. The van der Waals surface area contributed by atoms with Gasteiger partial charge in [0.2, 0.25) is 0 Å². The summed E-state index contributed by atoms with van der Waals surface area (Å²) in [5, 5.41) is 24.8. The molecular weight excluding hydrogens is 718 g/mol. The van der Waals surface area contributed by atoms with Crippen molar-refractivity contribution >= 4 is 91.4 Å². The molecule has 0 fully saturated rings. The van der Waals surface area contributed by atoms with Gasteiger partial charge in [-0.15, -0.1) is 11.3 Å². The van der Waals surface area contributed by atoms with E-state index in [1.165, 1.54) is 40.1 Å². The van der Waals surface area contributed by atoms with Gasteiger partial charge in [0.1, 0.15) is 11.5 Å². The third-order valence-electron chi connectivity index (χ3n) is 7.86. The molecule has 49 heavy (non-hydrogen) atoms. The molecule has 2 N–H and O–H groups in total. The van der Waals surface area contributed by atoms with Gasteiger partial charge >= 0.3 is 11.9 Å². The highest BCUT2D eigenvalue weighted by Gasteiger charge is 2.25. The van der Waals surface area contributed by atoms with E-state index in [0.29, 0.717) is 71.4 Å². The standard InChI is InChI=1S/C17H13ClFNO4S.C17H14ClNO4S/c1-8-10(5-16(21)22)11-4-14(24-2)12(18)6-13(11)20(8)17(23)9-3-15(19)25-7-9;1-9-11(6-16(20)21)12-5-15(23-2)13(18)7-14(12)19(9)17(22)10-3-4-24-8-10/h3-4,6-7H,5H2,1-2H3,(H,21,22);3-5,7-8H,6H2,1-2H3,(H,20,21). The molecule has 0 saturated carbocycles. The highest BCUT2D eigenvalue weighted by atomic mass is 35.5. The number of ether oxygens (including phenoxy) is 2. The number of rotatable bonds is 8. The molecule has 0 bridgehead atoms. The zero-order chi connectivity index (χ0) is 35.7. The summed E-state index contributed by atoms with van der Waals surface area (Å²) < 4.78 is 26.6. The second kappa shape index (κ2) is 14.4. The molecule has 6 rings (SSSR count). The first-order chi connectivity index (χ1) is 23.3. The molecule has 0 spiro atoms. The largest absolute Gasteiger partial charge is 0.495 e. The van der Waals surface area contributed by atoms with Gasteiger partial charge in [0.25, 0.3) is 11.8 Å². The summed E-state index contributed by atoms with van der Waals surface area (Å²) in [4.78, 5) is 48.2. The zero-order valence-electron chi connectivity index (χ0n) is 26.3. The van der Waals surface area contributed by atoms with E-state index in [9.17, 15) is 33.8 Å². The second-order valence-electron chi connectivity index (χ2n) is 10.7. The molecule has 0 radical (unpaired) electrons. The first kappa shape index (κ1) is 35.6. The lowest BCUT2D eigenvalue weighted by Gasteiger charge is -2.07. The number of aliphatic carboxylic acids is 2. The van der Waals surface area contributed by atoms with Crippen LogP contribution in [0, 0.1) is 19.0 Å². The van der Waals surface area contributed by atoms with E-state index >= 15 is 0 Å². The van der Waals surface area contributed by atoms with Gasteiger partial charge in [0.05, 0.1) is 59.3 Å². The number of fused-ring (bicyclic) bond motifs is 2. The van der Waals surface area contributed by atoms with Crippen LogP contribution in [0.3, 0.4) is 0 Å². The van der Waals surface area contributed by atoms with E-state index in [2.05, 4.69) is 0 Å². The fourth-order valence-corrected chi connectivity index (χ4v) is 7.32. The number of carbonyl (C=O) groups excluding carboxylic acids is 2. The predicted molar refractivity (Wildman–Crippen MR) is 187 cm³/mol. The van der Waals surface area contributed by atoms with Gasteiger partial charge in [-0.1, -0.05) is 23.2 Å². The molecule has 6 aromatic rings. The van der Waals surface area contributed by atoms with Gasteiger partial charge in [-0.3, -0.25) is 28.3 Å². The van der Waals surface area contributed by atoms with Crippen LogP contribution in [0.25, 0.3) is 21.8 Å². The van der Waals surface area contributed by atoms with Gasteiger partial charge in [0, 0.05) is 32.9 Å². The number of carboxylic acid groups (broad SMARTS) is 2. The van der Waals surface area contributed by atoms with Crippen LogP contribution in [0.15, 0.2) is 52.5 Å². The summed E-state index contributed by atoms with van der Waals surface area (Å²) in [6.07, 6.45) is -0.442. The molecule has 10 nitrogen and oxygen atoms in total. The predicted octanol–water partition coefficient (Wildman–Crippen LogP) is 8.12. The summed E-state index contributed by atoms with van der Waals surface area (Å²) in [6.45, 7) is 3.39. The molecule has 0 aliphatic rings. The molecule has 2 aromatic carbocycles. The third kappa shape index (κ3) is 6.92. The number of hydrogen-bond acceptors (Lipinski definition) is 8. The molecule has 254 valence electrons. The number of carboxylic acids is 2. The van der Waals surface area contributed by atoms with Gasteiger partial charge < -0.3 is 19.7 Å². The SMILES string of the molecule is COc1cc2c(CC(=O)O)c(C)n(C(=O)c3ccsc3)c2cc1Cl.COc1cc2c(CC(=O)O)c(C)n(C(=O)c3csc(F)c3)c2cc1Cl. The fourth-order valence-electron chi connectivity index (χ4n) is 5.61. The molecule has 15 heteroatoms. The lowest BCUT2D eigenvalue weighted by atomic mass is 10.1. The van der Waals surface area contributed by atoms with E-state index in [-0.39, 0.29) is 24.3 Å². The monoisotopic (exact) mass is 744 g/mol. The average molecular weight is 746 g/mol. The van der Waals surface area contributed by atoms with Gasteiger partial charge in [0.15, 0.2) is 5.13 Å². The van der Waals surface area contributed by atoms with Crippen LogP contribution in [0.2, 0.25) is 10.0 Å².